The summed E-state index contributed by atoms with van der Waals surface area (Å²) in [6, 6.07) is 1.51. The van der Waals surface area contributed by atoms with E-state index >= 15 is 0 Å². The summed E-state index contributed by atoms with van der Waals surface area (Å²) in [5.74, 6) is 0.528. The SMILES string of the molecule is CCC1C(=O)NCCN1c1nc(C)cc(C(N)=S)n1. The van der Waals surface area contributed by atoms with Crippen molar-refractivity contribution in [2.45, 2.75) is 26.3 Å². The van der Waals surface area contributed by atoms with Crippen molar-refractivity contribution < 1.29 is 4.79 Å². The first-order chi connectivity index (χ1) is 9.02. The molecular formula is C12H17N5OS. The van der Waals surface area contributed by atoms with Crippen molar-refractivity contribution in [1.29, 1.82) is 0 Å². The second kappa shape index (κ2) is 5.48. The van der Waals surface area contributed by atoms with E-state index in [1.807, 2.05) is 18.7 Å². The van der Waals surface area contributed by atoms with Crippen LogP contribution in [0, 0.1) is 6.92 Å². The second-order valence-corrected chi connectivity index (χ2v) is 4.91. The van der Waals surface area contributed by atoms with Crippen LogP contribution in [0.5, 0.6) is 0 Å². The first kappa shape index (κ1) is 13.7. The van der Waals surface area contributed by atoms with Crippen LogP contribution >= 0.6 is 12.2 Å². The minimum absolute atomic E-state index is 0.00994. The van der Waals surface area contributed by atoms with E-state index in [-0.39, 0.29) is 16.9 Å². The van der Waals surface area contributed by atoms with Gasteiger partial charge < -0.3 is 16.0 Å². The van der Waals surface area contributed by atoms with Crippen LogP contribution in [0.4, 0.5) is 5.95 Å². The van der Waals surface area contributed by atoms with Gasteiger partial charge >= 0.3 is 0 Å². The van der Waals surface area contributed by atoms with Crippen molar-refractivity contribution in [2.24, 2.45) is 5.73 Å². The highest BCUT2D eigenvalue weighted by Crippen LogP contribution is 2.17. The summed E-state index contributed by atoms with van der Waals surface area (Å²) in [6.45, 7) is 5.10. The predicted octanol–water partition coefficient (Wildman–Crippen LogP) is 0.134. The van der Waals surface area contributed by atoms with Gasteiger partial charge in [0.2, 0.25) is 11.9 Å². The molecule has 1 saturated heterocycles. The number of nitrogens with one attached hydrogen (secondary N) is 1. The minimum Gasteiger partial charge on any atom is -0.388 e. The van der Waals surface area contributed by atoms with Gasteiger partial charge in [0.1, 0.15) is 16.7 Å². The Morgan fingerprint density at radius 2 is 2.37 bits per heavy atom. The third-order valence-corrected chi connectivity index (χ3v) is 3.28. The minimum atomic E-state index is -0.241. The molecule has 1 aliphatic heterocycles. The molecule has 1 atom stereocenters. The standard InChI is InChI=1S/C12H17N5OS/c1-3-9-11(18)14-4-5-17(9)12-15-7(2)6-8(16-12)10(13)19/h6,9H,3-5H2,1-2H3,(H2,13,19)(H,14,18). The van der Waals surface area contributed by atoms with Crippen LogP contribution in [0.25, 0.3) is 0 Å². The maximum absolute atomic E-state index is 11.9. The summed E-state index contributed by atoms with van der Waals surface area (Å²) in [5, 5.41) is 2.85. The molecule has 3 N–H and O–H groups in total. The molecule has 2 rings (SSSR count). The summed E-state index contributed by atoms with van der Waals surface area (Å²) in [4.78, 5) is 22.8. The highest BCUT2D eigenvalue weighted by atomic mass is 32.1. The summed E-state index contributed by atoms with van der Waals surface area (Å²) in [5.41, 5.74) is 6.94. The number of piperazine rings is 1. The van der Waals surface area contributed by atoms with E-state index in [0.717, 1.165) is 5.69 Å². The Hall–Kier alpha value is -1.76. The van der Waals surface area contributed by atoms with E-state index in [0.29, 0.717) is 31.2 Å². The third kappa shape index (κ3) is 2.81. The largest absolute Gasteiger partial charge is 0.388 e. The van der Waals surface area contributed by atoms with E-state index in [1.165, 1.54) is 0 Å². The zero-order valence-electron chi connectivity index (χ0n) is 11.0. The maximum Gasteiger partial charge on any atom is 0.242 e. The van der Waals surface area contributed by atoms with Gasteiger partial charge in [0.25, 0.3) is 0 Å². The molecule has 19 heavy (non-hydrogen) atoms. The zero-order chi connectivity index (χ0) is 14.0. The number of carbonyl (C=O) groups is 1. The van der Waals surface area contributed by atoms with Crippen LogP contribution in [-0.4, -0.2) is 40.0 Å². The first-order valence-electron chi connectivity index (χ1n) is 6.22. The maximum atomic E-state index is 11.9. The number of amides is 1. The fraction of sp³-hybridized carbons (Fsp3) is 0.500. The average molecular weight is 279 g/mol. The molecule has 1 amide bonds. The summed E-state index contributed by atoms with van der Waals surface area (Å²) < 4.78 is 0. The van der Waals surface area contributed by atoms with Gasteiger partial charge in [-0.05, 0) is 19.4 Å². The molecule has 0 spiro atoms. The van der Waals surface area contributed by atoms with Gasteiger partial charge in [0, 0.05) is 18.8 Å². The van der Waals surface area contributed by atoms with E-state index in [2.05, 4.69) is 15.3 Å². The monoisotopic (exact) mass is 279 g/mol. The Morgan fingerprint density at radius 1 is 1.63 bits per heavy atom. The molecule has 1 fully saturated rings. The van der Waals surface area contributed by atoms with Gasteiger partial charge in [0.15, 0.2) is 0 Å². The smallest absolute Gasteiger partial charge is 0.242 e. The quantitative estimate of drug-likeness (QED) is 0.765. The molecule has 0 radical (unpaired) electrons. The van der Waals surface area contributed by atoms with E-state index in [4.69, 9.17) is 18.0 Å². The Kier molecular flexibility index (Phi) is 3.94. The Balaban J connectivity index is 2.39. The molecular weight excluding hydrogens is 262 g/mol. The number of rotatable bonds is 3. The molecule has 1 aromatic heterocycles. The number of anilines is 1. The van der Waals surface area contributed by atoms with Crippen LogP contribution in [0.3, 0.4) is 0 Å². The molecule has 6 nitrogen and oxygen atoms in total. The number of nitrogens with zero attached hydrogens (tertiary/aromatic N) is 3. The molecule has 0 aromatic carbocycles. The number of hydrogen-bond acceptors (Lipinski definition) is 5. The number of aryl methyl sites for hydroxylation is 1. The molecule has 1 unspecified atom stereocenters. The number of thiocarbonyl (C=S) groups is 1. The van der Waals surface area contributed by atoms with Crippen LogP contribution in [0.15, 0.2) is 6.07 Å². The fourth-order valence-electron chi connectivity index (χ4n) is 2.17. The van der Waals surface area contributed by atoms with E-state index in [9.17, 15) is 4.79 Å². The average Bonchev–Trinajstić information content (AvgIpc) is 2.37. The number of hydrogen-bond donors (Lipinski definition) is 2. The summed E-state index contributed by atoms with van der Waals surface area (Å²) in [7, 11) is 0. The lowest BCUT2D eigenvalue weighted by molar-refractivity contribution is -0.123. The lowest BCUT2D eigenvalue weighted by Crippen LogP contribution is -2.55. The van der Waals surface area contributed by atoms with Crippen molar-refractivity contribution in [3.05, 3.63) is 17.5 Å². The second-order valence-electron chi connectivity index (χ2n) is 4.47. The lowest BCUT2D eigenvalue weighted by Gasteiger charge is -2.34. The third-order valence-electron chi connectivity index (χ3n) is 3.07. The first-order valence-corrected chi connectivity index (χ1v) is 6.63. The van der Waals surface area contributed by atoms with Gasteiger partial charge in [-0.1, -0.05) is 19.1 Å². The normalized spacial score (nSPS) is 19.2. The number of nitrogens with two attached hydrogens (primary N) is 1. The van der Waals surface area contributed by atoms with Gasteiger partial charge in [-0.3, -0.25) is 4.79 Å². The van der Waals surface area contributed by atoms with E-state index < -0.39 is 0 Å². The molecule has 2 heterocycles. The zero-order valence-corrected chi connectivity index (χ0v) is 11.8. The van der Waals surface area contributed by atoms with Crippen LogP contribution in [-0.2, 0) is 4.79 Å². The Bertz CT molecular complexity index is 519. The van der Waals surface area contributed by atoms with Crippen LogP contribution < -0.4 is 16.0 Å². The van der Waals surface area contributed by atoms with Gasteiger partial charge in [0.05, 0.1) is 0 Å². The van der Waals surface area contributed by atoms with Gasteiger partial charge in [-0.25, -0.2) is 9.97 Å². The molecule has 0 bridgehead atoms. The van der Waals surface area contributed by atoms with Crippen molar-refractivity contribution in [3.63, 3.8) is 0 Å². The summed E-state index contributed by atoms with van der Waals surface area (Å²) in [6.07, 6.45) is 0.700. The number of aromatic nitrogens is 2. The molecule has 7 heteroatoms. The summed E-state index contributed by atoms with van der Waals surface area (Å²) >= 11 is 4.95. The van der Waals surface area contributed by atoms with Crippen LogP contribution in [0.2, 0.25) is 0 Å². The highest BCUT2D eigenvalue weighted by molar-refractivity contribution is 7.80. The number of carbonyl (C=O) groups excluding carboxylic acids is 1. The van der Waals surface area contributed by atoms with Crippen molar-refractivity contribution in [1.82, 2.24) is 15.3 Å². The van der Waals surface area contributed by atoms with Gasteiger partial charge in [-0.15, -0.1) is 0 Å². The molecule has 0 saturated carbocycles. The fourth-order valence-corrected chi connectivity index (χ4v) is 2.27. The molecule has 1 aliphatic rings. The lowest BCUT2D eigenvalue weighted by atomic mass is 10.1. The van der Waals surface area contributed by atoms with Gasteiger partial charge in [-0.2, -0.15) is 0 Å². The Morgan fingerprint density at radius 3 is 3.00 bits per heavy atom. The predicted molar refractivity (Wildman–Crippen MR) is 77.1 cm³/mol. The van der Waals surface area contributed by atoms with Crippen molar-refractivity contribution in [2.75, 3.05) is 18.0 Å². The molecule has 102 valence electrons. The van der Waals surface area contributed by atoms with E-state index in [1.54, 1.807) is 6.07 Å². The van der Waals surface area contributed by atoms with Crippen molar-refractivity contribution in [3.8, 4) is 0 Å². The van der Waals surface area contributed by atoms with Crippen molar-refractivity contribution >= 4 is 29.1 Å². The topological polar surface area (TPSA) is 84.1 Å². The molecule has 0 aliphatic carbocycles. The molecule has 1 aromatic rings. The highest BCUT2D eigenvalue weighted by Gasteiger charge is 2.30. The van der Waals surface area contributed by atoms with Crippen LogP contribution in [0.1, 0.15) is 24.7 Å². The Labute approximate surface area is 117 Å².